The third-order valence-corrected chi connectivity index (χ3v) is 3.33. The quantitative estimate of drug-likeness (QED) is 0.749. The lowest BCUT2D eigenvalue weighted by Crippen LogP contribution is -2.37. The van der Waals surface area contributed by atoms with Gasteiger partial charge in [-0.3, -0.25) is 0 Å². The Kier molecular flexibility index (Phi) is 3.86. The van der Waals surface area contributed by atoms with Gasteiger partial charge in [-0.05, 0) is 17.6 Å². The van der Waals surface area contributed by atoms with Gasteiger partial charge in [-0.2, -0.15) is 0 Å². The molecule has 0 atom stereocenters. The maximum absolute atomic E-state index is 9.10. The molecule has 1 aromatic rings. The molecule has 1 saturated heterocycles. The molecule has 4 nitrogen and oxygen atoms in total. The van der Waals surface area contributed by atoms with Crippen LogP contribution in [-0.2, 0) is 4.74 Å². The van der Waals surface area contributed by atoms with Crippen LogP contribution in [0, 0.1) is 0 Å². The van der Waals surface area contributed by atoms with Gasteiger partial charge in [0.15, 0.2) is 0 Å². The lowest BCUT2D eigenvalue weighted by atomic mass is 9.80. The SMILES string of the molecule is OB(O)c1ccc(N2CCOCC2)cc1Br. The van der Waals surface area contributed by atoms with E-state index in [1.54, 1.807) is 6.07 Å². The summed E-state index contributed by atoms with van der Waals surface area (Å²) in [6, 6.07) is 5.52. The van der Waals surface area contributed by atoms with Crippen LogP contribution in [0.15, 0.2) is 22.7 Å². The van der Waals surface area contributed by atoms with Crippen molar-refractivity contribution in [2.24, 2.45) is 0 Å². The Morgan fingerprint density at radius 1 is 1.25 bits per heavy atom. The van der Waals surface area contributed by atoms with E-state index in [2.05, 4.69) is 20.8 Å². The van der Waals surface area contributed by atoms with Gasteiger partial charge in [0, 0.05) is 23.2 Å². The van der Waals surface area contributed by atoms with E-state index < -0.39 is 7.12 Å². The van der Waals surface area contributed by atoms with E-state index in [1.165, 1.54) is 0 Å². The first-order valence-corrected chi connectivity index (χ1v) is 5.96. The van der Waals surface area contributed by atoms with Crippen LogP contribution >= 0.6 is 15.9 Å². The first kappa shape index (κ1) is 11.9. The smallest absolute Gasteiger partial charge is 0.423 e. The van der Waals surface area contributed by atoms with Crippen LogP contribution in [0.1, 0.15) is 0 Å². The molecular weight excluding hydrogens is 273 g/mol. The number of rotatable bonds is 2. The number of halogens is 1. The third kappa shape index (κ3) is 2.57. The Balaban J connectivity index is 2.19. The Labute approximate surface area is 103 Å². The van der Waals surface area contributed by atoms with Crippen molar-refractivity contribution in [3.63, 3.8) is 0 Å². The fourth-order valence-electron chi connectivity index (χ4n) is 1.74. The van der Waals surface area contributed by atoms with Crippen molar-refractivity contribution in [3.8, 4) is 0 Å². The highest BCUT2D eigenvalue weighted by atomic mass is 79.9. The van der Waals surface area contributed by atoms with Crippen LogP contribution in [0.5, 0.6) is 0 Å². The highest BCUT2D eigenvalue weighted by molar-refractivity contribution is 9.10. The molecule has 0 spiro atoms. The molecule has 0 bridgehead atoms. The molecule has 1 fully saturated rings. The van der Waals surface area contributed by atoms with E-state index in [4.69, 9.17) is 14.8 Å². The summed E-state index contributed by atoms with van der Waals surface area (Å²) >= 11 is 3.34. The Bertz CT molecular complexity index is 369. The predicted octanol–water partition coefficient (Wildman–Crippen LogP) is -0.0345. The molecule has 0 unspecified atom stereocenters. The largest absolute Gasteiger partial charge is 0.489 e. The molecule has 0 radical (unpaired) electrons. The Morgan fingerprint density at radius 2 is 1.94 bits per heavy atom. The minimum absolute atomic E-state index is 0.483. The van der Waals surface area contributed by atoms with Gasteiger partial charge in [-0.25, -0.2) is 0 Å². The summed E-state index contributed by atoms with van der Waals surface area (Å²) in [7, 11) is -1.44. The van der Waals surface area contributed by atoms with E-state index in [0.29, 0.717) is 9.94 Å². The minimum Gasteiger partial charge on any atom is -0.423 e. The third-order valence-electron chi connectivity index (χ3n) is 2.64. The Hall–Kier alpha value is -0.555. The monoisotopic (exact) mass is 285 g/mol. The fraction of sp³-hybridized carbons (Fsp3) is 0.400. The summed E-state index contributed by atoms with van der Waals surface area (Å²) in [5.74, 6) is 0. The molecule has 2 rings (SSSR count). The second-order valence-corrected chi connectivity index (χ2v) is 4.53. The van der Waals surface area contributed by atoms with Gasteiger partial charge >= 0.3 is 7.12 Å². The lowest BCUT2D eigenvalue weighted by molar-refractivity contribution is 0.122. The molecule has 0 saturated carbocycles. The molecule has 0 aromatic heterocycles. The number of anilines is 1. The molecule has 1 aromatic carbocycles. The fourth-order valence-corrected chi connectivity index (χ4v) is 2.32. The molecule has 2 N–H and O–H groups in total. The molecular formula is C10H13BBrNO3. The zero-order valence-corrected chi connectivity index (χ0v) is 10.4. The van der Waals surface area contributed by atoms with Crippen molar-refractivity contribution < 1.29 is 14.8 Å². The van der Waals surface area contributed by atoms with Gasteiger partial charge in [0.2, 0.25) is 0 Å². The second-order valence-electron chi connectivity index (χ2n) is 3.68. The van der Waals surface area contributed by atoms with Crippen molar-refractivity contribution in [2.45, 2.75) is 0 Å². The lowest BCUT2D eigenvalue weighted by Gasteiger charge is -2.29. The summed E-state index contributed by atoms with van der Waals surface area (Å²) < 4.78 is 5.99. The van der Waals surface area contributed by atoms with Crippen LogP contribution in [-0.4, -0.2) is 43.5 Å². The predicted molar refractivity (Wildman–Crippen MR) is 67.0 cm³/mol. The molecule has 6 heteroatoms. The molecule has 0 amide bonds. The van der Waals surface area contributed by atoms with Gasteiger partial charge in [0.1, 0.15) is 0 Å². The Morgan fingerprint density at radius 3 is 2.50 bits per heavy atom. The van der Waals surface area contributed by atoms with Crippen molar-refractivity contribution in [1.82, 2.24) is 0 Å². The summed E-state index contributed by atoms with van der Waals surface area (Å²) in [6.07, 6.45) is 0. The van der Waals surface area contributed by atoms with E-state index in [0.717, 1.165) is 32.0 Å². The first-order chi connectivity index (χ1) is 7.68. The zero-order chi connectivity index (χ0) is 11.5. The normalized spacial score (nSPS) is 16.3. The molecule has 0 aliphatic carbocycles. The van der Waals surface area contributed by atoms with E-state index >= 15 is 0 Å². The van der Waals surface area contributed by atoms with Gasteiger partial charge in [-0.1, -0.05) is 22.0 Å². The summed E-state index contributed by atoms with van der Waals surface area (Å²) in [4.78, 5) is 2.21. The summed E-state index contributed by atoms with van der Waals surface area (Å²) in [5.41, 5.74) is 1.55. The molecule has 1 heterocycles. The van der Waals surface area contributed by atoms with Crippen molar-refractivity contribution in [2.75, 3.05) is 31.2 Å². The molecule has 86 valence electrons. The van der Waals surface area contributed by atoms with E-state index in [1.807, 2.05) is 12.1 Å². The minimum atomic E-state index is -1.44. The number of nitrogens with zero attached hydrogens (tertiary/aromatic N) is 1. The maximum atomic E-state index is 9.10. The van der Waals surface area contributed by atoms with Gasteiger partial charge < -0.3 is 19.7 Å². The van der Waals surface area contributed by atoms with Gasteiger partial charge in [-0.15, -0.1) is 0 Å². The van der Waals surface area contributed by atoms with Crippen molar-refractivity contribution in [1.29, 1.82) is 0 Å². The maximum Gasteiger partial charge on any atom is 0.489 e. The van der Waals surface area contributed by atoms with Crippen molar-refractivity contribution >= 4 is 34.2 Å². The van der Waals surface area contributed by atoms with Crippen LogP contribution < -0.4 is 10.4 Å². The van der Waals surface area contributed by atoms with Crippen LogP contribution in [0.4, 0.5) is 5.69 Å². The molecule has 16 heavy (non-hydrogen) atoms. The van der Waals surface area contributed by atoms with E-state index in [9.17, 15) is 0 Å². The molecule has 1 aliphatic rings. The van der Waals surface area contributed by atoms with Crippen molar-refractivity contribution in [3.05, 3.63) is 22.7 Å². The number of hydrogen-bond donors (Lipinski definition) is 2. The topological polar surface area (TPSA) is 52.9 Å². The number of hydrogen-bond acceptors (Lipinski definition) is 4. The zero-order valence-electron chi connectivity index (χ0n) is 8.77. The second kappa shape index (κ2) is 5.18. The highest BCUT2D eigenvalue weighted by Crippen LogP contribution is 2.19. The number of ether oxygens (including phenoxy) is 1. The number of morpholine rings is 1. The van der Waals surface area contributed by atoms with Gasteiger partial charge in [0.05, 0.1) is 13.2 Å². The average molecular weight is 286 g/mol. The summed E-state index contributed by atoms with van der Waals surface area (Å²) in [5, 5.41) is 18.2. The first-order valence-electron chi connectivity index (χ1n) is 5.17. The average Bonchev–Trinajstić information content (AvgIpc) is 2.29. The standard InChI is InChI=1S/C10H13BBrNO3/c12-10-7-8(1-2-9(10)11(14)15)13-3-5-16-6-4-13/h1-2,7,14-15H,3-6H2. The van der Waals surface area contributed by atoms with Gasteiger partial charge in [0.25, 0.3) is 0 Å². The van der Waals surface area contributed by atoms with Crippen LogP contribution in [0.2, 0.25) is 0 Å². The molecule has 1 aliphatic heterocycles. The number of benzene rings is 1. The van der Waals surface area contributed by atoms with E-state index in [-0.39, 0.29) is 0 Å². The van der Waals surface area contributed by atoms with Crippen LogP contribution in [0.3, 0.4) is 0 Å². The summed E-state index contributed by atoms with van der Waals surface area (Å²) in [6.45, 7) is 3.21. The van der Waals surface area contributed by atoms with Crippen LogP contribution in [0.25, 0.3) is 0 Å². The highest BCUT2D eigenvalue weighted by Gasteiger charge is 2.17.